The number of thiazole rings is 1. The topological polar surface area (TPSA) is 109 Å². The molecule has 10 heteroatoms. The van der Waals surface area contributed by atoms with Crippen molar-refractivity contribution < 1.29 is 23.5 Å². The van der Waals surface area contributed by atoms with E-state index < -0.39 is 12.1 Å². The number of rotatable bonds is 8. The molecule has 0 N–H and O–H groups in total. The van der Waals surface area contributed by atoms with Gasteiger partial charge in [0.15, 0.2) is 17.6 Å². The Balaban J connectivity index is 1.39. The molecule has 32 heavy (non-hydrogen) atoms. The molecule has 164 valence electrons. The van der Waals surface area contributed by atoms with Gasteiger partial charge in [0.25, 0.3) is 5.89 Å². The first-order valence-electron chi connectivity index (χ1n) is 9.67. The summed E-state index contributed by atoms with van der Waals surface area (Å²) in [6.07, 6.45) is 2.62. The number of hydrogen-bond acceptors (Lipinski definition) is 10. The second kappa shape index (κ2) is 9.56. The lowest BCUT2D eigenvalue weighted by atomic mass is 10.2. The van der Waals surface area contributed by atoms with Crippen molar-refractivity contribution in [2.75, 3.05) is 14.2 Å². The van der Waals surface area contributed by atoms with Crippen molar-refractivity contribution in [2.24, 2.45) is 0 Å². The summed E-state index contributed by atoms with van der Waals surface area (Å²) in [6.45, 7) is 1.68. The molecule has 0 amide bonds. The Morgan fingerprint density at radius 3 is 2.72 bits per heavy atom. The highest BCUT2D eigenvalue weighted by Gasteiger charge is 2.20. The van der Waals surface area contributed by atoms with Crippen LogP contribution in [-0.4, -0.2) is 40.3 Å². The van der Waals surface area contributed by atoms with Crippen LogP contribution in [0.25, 0.3) is 22.0 Å². The Kier molecular flexibility index (Phi) is 6.41. The number of benzene rings is 1. The molecule has 0 saturated heterocycles. The van der Waals surface area contributed by atoms with Crippen LogP contribution in [0.4, 0.5) is 0 Å². The van der Waals surface area contributed by atoms with Gasteiger partial charge in [-0.15, -0.1) is 11.3 Å². The summed E-state index contributed by atoms with van der Waals surface area (Å²) in [5.41, 5.74) is 2.19. The second-order valence-corrected chi connectivity index (χ2v) is 7.58. The van der Waals surface area contributed by atoms with Crippen molar-refractivity contribution in [3.8, 4) is 33.5 Å². The summed E-state index contributed by atoms with van der Waals surface area (Å²) >= 11 is 1.43. The fourth-order valence-electron chi connectivity index (χ4n) is 2.94. The Labute approximate surface area is 188 Å². The normalized spacial score (nSPS) is 11.7. The van der Waals surface area contributed by atoms with Crippen molar-refractivity contribution in [1.82, 2.24) is 20.1 Å². The van der Waals surface area contributed by atoms with E-state index in [1.54, 1.807) is 39.6 Å². The number of nitrogens with zero attached hydrogens (tertiary/aromatic N) is 4. The molecule has 0 fully saturated rings. The first-order valence-corrected chi connectivity index (χ1v) is 10.6. The first kappa shape index (κ1) is 21.4. The zero-order valence-corrected chi connectivity index (χ0v) is 18.5. The van der Waals surface area contributed by atoms with E-state index in [0.717, 1.165) is 10.6 Å². The minimum Gasteiger partial charge on any atom is -0.493 e. The van der Waals surface area contributed by atoms with E-state index in [1.807, 2.05) is 29.6 Å². The molecule has 1 aromatic carbocycles. The quantitative estimate of drug-likeness (QED) is 0.365. The van der Waals surface area contributed by atoms with Crippen LogP contribution >= 0.6 is 11.3 Å². The Bertz CT molecular complexity index is 1210. The van der Waals surface area contributed by atoms with E-state index in [4.69, 9.17) is 18.7 Å². The van der Waals surface area contributed by atoms with Gasteiger partial charge in [-0.3, -0.25) is 9.78 Å². The van der Waals surface area contributed by atoms with Crippen LogP contribution in [0.1, 0.15) is 24.6 Å². The maximum atomic E-state index is 12.4. The SMILES string of the molecule is COc1ccc(-c2nc(CC(=O)OC(C)c3nc(-c4cccnc4)no3)cs2)cc1OC. The molecule has 4 aromatic rings. The zero-order valence-electron chi connectivity index (χ0n) is 17.6. The molecule has 0 saturated carbocycles. The van der Waals surface area contributed by atoms with Crippen LogP contribution in [0.5, 0.6) is 11.5 Å². The van der Waals surface area contributed by atoms with Gasteiger partial charge in [-0.25, -0.2) is 4.98 Å². The summed E-state index contributed by atoms with van der Waals surface area (Å²) in [5.74, 6) is 1.40. The standard InChI is InChI=1S/C22H20N4O5S/c1-13(21-25-20(26-31-21)15-5-4-8-23-11-15)30-19(27)10-16-12-32-22(24-16)14-6-7-17(28-2)18(9-14)29-3/h4-9,11-13H,10H2,1-3H3. The smallest absolute Gasteiger partial charge is 0.312 e. The molecular weight excluding hydrogens is 432 g/mol. The molecule has 0 aliphatic carbocycles. The maximum Gasteiger partial charge on any atom is 0.312 e. The zero-order chi connectivity index (χ0) is 22.5. The highest BCUT2D eigenvalue weighted by Crippen LogP contribution is 2.33. The third-order valence-electron chi connectivity index (χ3n) is 4.53. The molecule has 1 unspecified atom stereocenters. The lowest BCUT2D eigenvalue weighted by Crippen LogP contribution is -2.12. The largest absolute Gasteiger partial charge is 0.493 e. The fraction of sp³-hybridized carbons (Fsp3) is 0.227. The second-order valence-electron chi connectivity index (χ2n) is 6.72. The molecule has 3 aromatic heterocycles. The monoisotopic (exact) mass is 452 g/mol. The van der Waals surface area contributed by atoms with Crippen molar-refractivity contribution >= 4 is 17.3 Å². The van der Waals surface area contributed by atoms with Crippen molar-refractivity contribution in [2.45, 2.75) is 19.4 Å². The van der Waals surface area contributed by atoms with Crippen LogP contribution < -0.4 is 9.47 Å². The van der Waals surface area contributed by atoms with Crippen LogP contribution in [0, 0.1) is 0 Å². The summed E-state index contributed by atoms with van der Waals surface area (Å²) < 4.78 is 21.3. The minimum atomic E-state index is -0.690. The van der Waals surface area contributed by atoms with Gasteiger partial charge in [-0.1, -0.05) is 5.16 Å². The van der Waals surface area contributed by atoms with Gasteiger partial charge >= 0.3 is 5.97 Å². The van der Waals surface area contributed by atoms with Crippen LogP contribution in [0.3, 0.4) is 0 Å². The third kappa shape index (κ3) is 4.75. The minimum absolute atomic E-state index is 0.0255. The van der Waals surface area contributed by atoms with Crippen molar-refractivity contribution in [3.05, 3.63) is 59.7 Å². The molecule has 1 atom stereocenters. The number of hydrogen-bond donors (Lipinski definition) is 0. The average molecular weight is 452 g/mol. The lowest BCUT2D eigenvalue weighted by Gasteiger charge is -2.08. The Morgan fingerprint density at radius 1 is 1.12 bits per heavy atom. The number of carbonyl (C=O) groups is 1. The van der Waals surface area contributed by atoms with Crippen LogP contribution in [0.2, 0.25) is 0 Å². The summed E-state index contributed by atoms with van der Waals surface area (Å²) in [5, 5.41) is 6.50. The van der Waals surface area contributed by atoms with Crippen molar-refractivity contribution in [1.29, 1.82) is 0 Å². The summed E-state index contributed by atoms with van der Waals surface area (Å²) in [6, 6.07) is 9.14. The van der Waals surface area contributed by atoms with E-state index in [9.17, 15) is 4.79 Å². The summed E-state index contributed by atoms with van der Waals surface area (Å²) in [4.78, 5) is 25.3. The summed E-state index contributed by atoms with van der Waals surface area (Å²) in [7, 11) is 3.16. The van der Waals surface area contributed by atoms with Gasteiger partial charge < -0.3 is 18.7 Å². The highest BCUT2D eigenvalue weighted by atomic mass is 32.1. The fourth-order valence-corrected chi connectivity index (χ4v) is 3.76. The van der Waals surface area contributed by atoms with Gasteiger partial charge in [0.2, 0.25) is 5.82 Å². The predicted molar refractivity (Wildman–Crippen MR) is 116 cm³/mol. The van der Waals surface area contributed by atoms with E-state index in [0.29, 0.717) is 28.6 Å². The molecular formula is C22H20N4O5S. The maximum absolute atomic E-state index is 12.4. The lowest BCUT2D eigenvalue weighted by molar-refractivity contribution is -0.149. The van der Waals surface area contributed by atoms with Gasteiger partial charge in [0.1, 0.15) is 5.01 Å². The van der Waals surface area contributed by atoms with Gasteiger partial charge in [-0.2, -0.15) is 4.98 Å². The molecule has 3 heterocycles. The molecule has 0 spiro atoms. The first-order chi connectivity index (χ1) is 15.6. The number of carbonyl (C=O) groups excluding carboxylic acids is 1. The van der Waals surface area contributed by atoms with Gasteiger partial charge in [0.05, 0.1) is 26.3 Å². The average Bonchev–Trinajstić information content (AvgIpc) is 3.49. The molecule has 0 bridgehead atoms. The number of methoxy groups -OCH3 is 2. The molecule has 4 rings (SSSR count). The predicted octanol–water partition coefficient (Wildman–Crippen LogP) is 4.12. The van der Waals surface area contributed by atoms with Crippen molar-refractivity contribution in [3.63, 3.8) is 0 Å². The van der Waals surface area contributed by atoms with E-state index in [-0.39, 0.29) is 12.3 Å². The molecule has 9 nitrogen and oxygen atoms in total. The number of ether oxygens (including phenoxy) is 3. The third-order valence-corrected chi connectivity index (χ3v) is 5.47. The number of aromatic nitrogens is 4. The number of esters is 1. The van der Waals surface area contributed by atoms with Gasteiger partial charge in [-0.05, 0) is 37.3 Å². The van der Waals surface area contributed by atoms with E-state index in [1.165, 1.54) is 11.3 Å². The van der Waals surface area contributed by atoms with Crippen LogP contribution in [-0.2, 0) is 16.0 Å². The molecule has 0 aliphatic heterocycles. The Hall–Kier alpha value is -3.79. The molecule has 0 aliphatic rings. The van der Waals surface area contributed by atoms with Crippen LogP contribution in [0.15, 0.2) is 52.6 Å². The molecule has 0 radical (unpaired) electrons. The number of pyridine rings is 1. The Morgan fingerprint density at radius 2 is 1.97 bits per heavy atom. The highest BCUT2D eigenvalue weighted by molar-refractivity contribution is 7.13. The van der Waals surface area contributed by atoms with E-state index in [2.05, 4.69) is 20.1 Å². The van der Waals surface area contributed by atoms with E-state index >= 15 is 0 Å². The van der Waals surface area contributed by atoms with Gasteiger partial charge in [0, 0.05) is 28.9 Å².